The largest absolute Gasteiger partial charge is 0.312 e. The minimum absolute atomic E-state index is 0.377. The Balaban J connectivity index is 2.67. The average molecular weight is 238 g/mol. The van der Waals surface area contributed by atoms with E-state index < -0.39 is 0 Å². The fraction of sp³-hybridized carbons (Fsp3) is 0.615. The molecule has 1 heterocycles. The Morgan fingerprint density at radius 3 is 2.50 bits per heavy atom. The first kappa shape index (κ1) is 13.5. The van der Waals surface area contributed by atoms with Crippen molar-refractivity contribution in [3.63, 3.8) is 0 Å². The van der Waals surface area contributed by atoms with Gasteiger partial charge >= 0.3 is 0 Å². The molecule has 0 bridgehead atoms. The molecule has 90 valence electrons. The normalized spacial score (nSPS) is 14.8. The summed E-state index contributed by atoms with van der Waals surface area (Å²) in [6.07, 6.45) is 4.26. The van der Waals surface area contributed by atoms with E-state index in [1.54, 1.807) is 0 Å². The summed E-state index contributed by atoms with van der Waals surface area (Å²) in [5.74, 6) is 0. The second-order valence-corrected chi connectivity index (χ2v) is 5.52. The van der Waals surface area contributed by atoms with Gasteiger partial charge in [-0.05, 0) is 32.0 Å². The molecule has 0 radical (unpaired) electrons. The number of rotatable bonds is 6. The summed E-state index contributed by atoms with van der Waals surface area (Å²) in [5.41, 5.74) is 1.14. The summed E-state index contributed by atoms with van der Waals surface area (Å²) in [5, 5.41) is 3.94. The fourth-order valence-corrected chi connectivity index (χ4v) is 2.44. The van der Waals surface area contributed by atoms with E-state index in [-0.39, 0.29) is 0 Å². The van der Waals surface area contributed by atoms with Gasteiger partial charge in [-0.15, -0.1) is 11.8 Å². The van der Waals surface area contributed by atoms with E-state index in [2.05, 4.69) is 43.2 Å². The van der Waals surface area contributed by atoms with E-state index in [1.807, 2.05) is 25.0 Å². The second-order valence-electron chi connectivity index (χ2n) is 4.00. The lowest BCUT2D eigenvalue weighted by atomic mass is 10.1. The zero-order valence-electron chi connectivity index (χ0n) is 10.7. The lowest BCUT2D eigenvalue weighted by molar-refractivity contribution is 0.561. The zero-order chi connectivity index (χ0) is 12.0. The molecule has 3 heteroatoms. The maximum atomic E-state index is 4.52. The Morgan fingerprint density at radius 1 is 1.31 bits per heavy atom. The van der Waals surface area contributed by atoms with Crippen molar-refractivity contribution in [3.8, 4) is 0 Å². The van der Waals surface area contributed by atoms with Gasteiger partial charge in [0.05, 0.1) is 5.69 Å². The lowest BCUT2D eigenvalue weighted by Crippen LogP contribution is -2.16. The molecule has 0 amide bonds. The van der Waals surface area contributed by atoms with Gasteiger partial charge in [0.1, 0.15) is 0 Å². The van der Waals surface area contributed by atoms with Gasteiger partial charge in [0.2, 0.25) is 0 Å². The molecular formula is C13H22N2S. The van der Waals surface area contributed by atoms with Crippen molar-refractivity contribution < 1.29 is 0 Å². The van der Waals surface area contributed by atoms with E-state index >= 15 is 0 Å². The third-order valence-corrected chi connectivity index (χ3v) is 4.03. The molecule has 2 nitrogen and oxygen atoms in total. The van der Waals surface area contributed by atoms with Crippen molar-refractivity contribution in [2.45, 2.75) is 49.8 Å². The molecule has 0 saturated carbocycles. The number of hydrogen-bond acceptors (Lipinski definition) is 3. The number of thioether (sulfide) groups is 1. The van der Waals surface area contributed by atoms with Gasteiger partial charge in [-0.1, -0.05) is 20.8 Å². The van der Waals surface area contributed by atoms with Crippen LogP contribution in [0.15, 0.2) is 23.2 Å². The van der Waals surface area contributed by atoms with E-state index in [9.17, 15) is 0 Å². The van der Waals surface area contributed by atoms with Crippen LogP contribution < -0.4 is 5.32 Å². The van der Waals surface area contributed by atoms with Crippen LogP contribution in [0.25, 0.3) is 0 Å². The Hall–Kier alpha value is -0.540. The molecule has 0 spiro atoms. The molecule has 0 aliphatic rings. The molecule has 16 heavy (non-hydrogen) atoms. The Bertz CT molecular complexity index is 293. The minimum Gasteiger partial charge on any atom is -0.312 e. The molecule has 0 fully saturated rings. The number of pyridine rings is 1. The summed E-state index contributed by atoms with van der Waals surface area (Å²) in [7, 11) is 1.98. The van der Waals surface area contributed by atoms with Gasteiger partial charge in [0.25, 0.3) is 0 Å². The highest BCUT2D eigenvalue weighted by atomic mass is 32.2. The summed E-state index contributed by atoms with van der Waals surface area (Å²) in [4.78, 5) is 5.79. The SMILES string of the molecule is CCC(C)Sc1ccc(C(CC)NC)nc1. The predicted molar refractivity (Wildman–Crippen MR) is 71.9 cm³/mol. The van der Waals surface area contributed by atoms with Crippen molar-refractivity contribution >= 4 is 11.8 Å². The fourth-order valence-electron chi connectivity index (χ4n) is 1.54. The summed E-state index contributed by atoms with van der Waals surface area (Å²) >= 11 is 1.90. The smallest absolute Gasteiger partial charge is 0.0573 e. The zero-order valence-corrected chi connectivity index (χ0v) is 11.5. The Labute approximate surface area is 103 Å². The van der Waals surface area contributed by atoms with Crippen LogP contribution in [0.2, 0.25) is 0 Å². The van der Waals surface area contributed by atoms with Crippen LogP contribution in [-0.2, 0) is 0 Å². The maximum absolute atomic E-state index is 4.52. The van der Waals surface area contributed by atoms with Crippen molar-refractivity contribution in [1.29, 1.82) is 0 Å². The van der Waals surface area contributed by atoms with Crippen LogP contribution in [0.3, 0.4) is 0 Å². The maximum Gasteiger partial charge on any atom is 0.0573 e. The monoisotopic (exact) mass is 238 g/mol. The van der Waals surface area contributed by atoms with Gasteiger partial charge in [-0.25, -0.2) is 0 Å². The molecule has 0 aliphatic heterocycles. The molecule has 2 atom stereocenters. The second kappa shape index (κ2) is 6.92. The third kappa shape index (κ3) is 3.80. The Morgan fingerprint density at radius 2 is 2.06 bits per heavy atom. The summed E-state index contributed by atoms with van der Waals surface area (Å²) < 4.78 is 0. The molecular weight excluding hydrogens is 216 g/mol. The quantitative estimate of drug-likeness (QED) is 0.766. The van der Waals surface area contributed by atoms with E-state index in [1.165, 1.54) is 11.3 Å². The molecule has 1 aromatic rings. The molecule has 0 saturated heterocycles. The van der Waals surface area contributed by atoms with Crippen molar-refractivity contribution in [2.24, 2.45) is 0 Å². The van der Waals surface area contributed by atoms with E-state index in [4.69, 9.17) is 0 Å². The highest BCUT2D eigenvalue weighted by molar-refractivity contribution is 7.99. The van der Waals surface area contributed by atoms with E-state index in [0.717, 1.165) is 12.1 Å². The first-order chi connectivity index (χ1) is 7.71. The van der Waals surface area contributed by atoms with Gasteiger partial charge in [0.15, 0.2) is 0 Å². The summed E-state index contributed by atoms with van der Waals surface area (Å²) in [6.45, 7) is 6.64. The van der Waals surface area contributed by atoms with Crippen LogP contribution in [0, 0.1) is 0 Å². The van der Waals surface area contributed by atoms with Crippen LogP contribution in [0.1, 0.15) is 45.3 Å². The standard InChI is InChI=1S/C13H22N2S/c1-5-10(3)16-11-7-8-13(15-9-11)12(6-2)14-4/h7-10,12,14H,5-6H2,1-4H3. The van der Waals surface area contributed by atoms with Crippen molar-refractivity contribution in [1.82, 2.24) is 10.3 Å². The van der Waals surface area contributed by atoms with Gasteiger partial charge in [0, 0.05) is 22.4 Å². The molecule has 0 aliphatic carbocycles. The van der Waals surface area contributed by atoms with Crippen LogP contribution in [0.5, 0.6) is 0 Å². The number of aromatic nitrogens is 1. The highest BCUT2D eigenvalue weighted by Crippen LogP contribution is 2.25. The van der Waals surface area contributed by atoms with Gasteiger partial charge in [-0.3, -0.25) is 4.98 Å². The topological polar surface area (TPSA) is 24.9 Å². The number of nitrogens with one attached hydrogen (secondary N) is 1. The molecule has 1 aromatic heterocycles. The molecule has 2 unspecified atom stereocenters. The van der Waals surface area contributed by atoms with Crippen LogP contribution in [-0.4, -0.2) is 17.3 Å². The number of nitrogens with zero attached hydrogens (tertiary/aromatic N) is 1. The van der Waals surface area contributed by atoms with Crippen LogP contribution in [0.4, 0.5) is 0 Å². The van der Waals surface area contributed by atoms with Crippen molar-refractivity contribution in [2.75, 3.05) is 7.05 Å². The summed E-state index contributed by atoms with van der Waals surface area (Å²) in [6, 6.07) is 4.69. The van der Waals surface area contributed by atoms with Gasteiger partial charge < -0.3 is 5.32 Å². The lowest BCUT2D eigenvalue weighted by Gasteiger charge is -2.14. The minimum atomic E-state index is 0.377. The third-order valence-electron chi connectivity index (χ3n) is 2.79. The van der Waals surface area contributed by atoms with Gasteiger partial charge in [-0.2, -0.15) is 0 Å². The molecule has 1 rings (SSSR count). The Kier molecular flexibility index (Phi) is 5.85. The first-order valence-electron chi connectivity index (χ1n) is 6.01. The average Bonchev–Trinajstić information content (AvgIpc) is 2.32. The first-order valence-corrected chi connectivity index (χ1v) is 6.89. The highest BCUT2D eigenvalue weighted by Gasteiger charge is 2.08. The predicted octanol–water partition coefficient (Wildman–Crippen LogP) is 3.64. The van der Waals surface area contributed by atoms with Crippen LogP contribution >= 0.6 is 11.8 Å². The van der Waals surface area contributed by atoms with E-state index in [0.29, 0.717) is 11.3 Å². The molecule has 0 aromatic carbocycles. The van der Waals surface area contributed by atoms with Crippen molar-refractivity contribution in [3.05, 3.63) is 24.0 Å². The molecule has 1 N–H and O–H groups in total. The number of hydrogen-bond donors (Lipinski definition) is 1.